The van der Waals surface area contributed by atoms with Gasteiger partial charge in [-0.3, -0.25) is 19.4 Å². The molecular weight excluding hydrogens is 580 g/mol. The lowest BCUT2D eigenvalue weighted by atomic mass is 9.96. The van der Waals surface area contributed by atoms with Crippen LogP contribution in [0.4, 0.5) is 11.4 Å². The first-order chi connectivity index (χ1) is 21.5. The van der Waals surface area contributed by atoms with Crippen molar-refractivity contribution in [1.82, 2.24) is 10.5 Å². The van der Waals surface area contributed by atoms with Crippen LogP contribution in [0.1, 0.15) is 56.0 Å². The van der Waals surface area contributed by atoms with E-state index in [1.807, 2.05) is 54.6 Å². The van der Waals surface area contributed by atoms with Gasteiger partial charge in [-0.1, -0.05) is 48.0 Å². The second kappa shape index (κ2) is 13.2. The molecule has 9 nitrogen and oxygen atoms in total. The topological polar surface area (TPSA) is 119 Å². The number of anilines is 2. The molecule has 3 aromatic carbocycles. The molecule has 1 aliphatic heterocycles. The van der Waals surface area contributed by atoms with E-state index in [9.17, 15) is 14.4 Å². The van der Waals surface area contributed by atoms with Gasteiger partial charge in [0.05, 0.1) is 5.56 Å². The first kappa shape index (κ1) is 29.3. The Bertz CT molecular complexity index is 1730. The number of Topliss-reactive ketones (excluding diaryl/α,β-unsaturated/α-hetero) is 2. The van der Waals surface area contributed by atoms with Crippen molar-refractivity contribution in [3.05, 3.63) is 124 Å². The number of carbonyl (C=O) groups excluding carboxylic acids is 3. The molecule has 1 saturated heterocycles. The first-order valence-electron chi connectivity index (χ1n) is 14.3. The second-order valence-electron chi connectivity index (χ2n) is 10.4. The number of aromatic nitrogens is 1. The standard InChI is InChI=1S/C34H29ClN4O5/c35-29-31(32(40)26-9-6-17-36-30(26)33(29)41)38-24-14-12-23(13-15-24)37-20-21-11-16-25(27(19-21)22-7-2-1-3-8-22)34(42)39-44-28-10-4-5-18-43-28/h1-3,6-9,11-17,19,28,37-38H,4-5,10,18,20H2,(H,39,42). The number of allylic oxidation sites excluding steroid dienone is 2. The molecule has 1 fully saturated rings. The van der Waals surface area contributed by atoms with Crippen molar-refractivity contribution in [1.29, 1.82) is 0 Å². The molecule has 1 aromatic heterocycles. The molecule has 1 atom stereocenters. The summed E-state index contributed by atoms with van der Waals surface area (Å²) in [5.74, 6) is -1.22. The third kappa shape index (κ3) is 6.40. The molecule has 1 aliphatic carbocycles. The van der Waals surface area contributed by atoms with Gasteiger partial charge in [0.15, 0.2) is 6.29 Å². The average molecular weight is 609 g/mol. The number of rotatable bonds is 9. The highest BCUT2D eigenvalue weighted by Crippen LogP contribution is 2.29. The predicted octanol–water partition coefficient (Wildman–Crippen LogP) is 6.49. The number of nitrogens with zero attached hydrogens (tertiary/aromatic N) is 1. The molecule has 0 saturated carbocycles. The van der Waals surface area contributed by atoms with Crippen LogP contribution in [0.5, 0.6) is 0 Å². The van der Waals surface area contributed by atoms with Crippen molar-refractivity contribution in [2.45, 2.75) is 32.1 Å². The molecular formula is C34H29ClN4O5. The van der Waals surface area contributed by atoms with E-state index in [-0.39, 0.29) is 33.7 Å². The number of hydroxylamine groups is 1. The van der Waals surface area contributed by atoms with Gasteiger partial charge in [-0.2, -0.15) is 0 Å². The Morgan fingerprint density at radius 2 is 1.70 bits per heavy atom. The normalized spacial score (nSPS) is 16.3. The van der Waals surface area contributed by atoms with Gasteiger partial charge in [-0.15, -0.1) is 0 Å². The number of hydrogen-bond acceptors (Lipinski definition) is 8. The lowest BCUT2D eigenvalue weighted by Crippen LogP contribution is -2.33. The highest BCUT2D eigenvalue weighted by atomic mass is 35.5. The zero-order chi connectivity index (χ0) is 30.5. The summed E-state index contributed by atoms with van der Waals surface area (Å²) >= 11 is 6.25. The van der Waals surface area contributed by atoms with Crippen LogP contribution in [0.25, 0.3) is 11.1 Å². The molecule has 222 valence electrons. The van der Waals surface area contributed by atoms with E-state index in [2.05, 4.69) is 21.1 Å². The summed E-state index contributed by atoms with van der Waals surface area (Å²) in [6.45, 7) is 1.12. The smallest absolute Gasteiger partial charge is 0.275 e. The van der Waals surface area contributed by atoms with Crippen LogP contribution in [-0.4, -0.2) is 35.4 Å². The molecule has 3 N–H and O–H groups in total. The highest BCUT2D eigenvalue weighted by molar-refractivity contribution is 6.50. The Labute approximate surface area is 259 Å². The van der Waals surface area contributed by atoms with Crippen LogP contribution in [0.3, 0.4) is 0 Å². The molecule has 0 spiro atoms. The van der Waals surface area contributed by atoms with Crippen LogP contribution in [0.2, 0.25) is 0 Å². The van der Waals surface area contributed by atoms with Crippen LogP contribution in [-0.2, 0) is 16.1 Å². The summed E-state index contributed by atoms with van der Waals surface area (Å²) in [6, 6.07) is 25.8. The predicted molar refractivity (Wildman–Crippen MR) is 167 cm³/mol. The number of ether oxygens (including phenoxy) is 1. The number of amides is 1. The Kier molecular flexibility index (Phi) is 8.79. The van der Waals surface area contributed by atoms with Crippen LogP contribution < -0.4 is 16.1 Å². The summed E-state index contributed by atoms with van der Waals surface area (Å²) in [7, 11) is 0. The van der Waals surface area contributed by atoms with E-state index >= 15 is 0 Å². The van der Waals surface area contributed by atoms with E-state index in [1.165, 1.54) is 6.20 Å². The zero-order valence-electron chi connectivity index (χ0n) is 23.6. The fraction of sp³-hybridized carbons (Fsp3) is 0.176. The minimum Gasteiger partial charge on any atom is -0.381 e. The Morgan fingerprint density at radius 3 is 2.48 bits per heavy atom. The summed E-state index contributed by atoms with van der Waals surface area (Å²) in [5, 5.41) is 6.19. The van der Waals surface area contributed by atoms with E-state index < -0.39 is 12.1 Å². The maximum Gasteiger partial charge on any atom is 0.275 e. The van der Waals surface area contributed by atoms with Gasteiger partial charge in [-0.25, -0.2) is 10.3 Å². The largest absolute Gasteiger partial charge is 0.381 e. The quantitative estimate of drug-likeness (QED) is 0.185. The third-order valence-corrected chi connectivity index (χ3v) is 7.76. The first-order valence-corrected chi connectivity index (χ1v) is 14.7. The lowest BCUT2D eigenvalue weighted by molar-refractivity contribution is -0.186. The maximum atomic E-state index is 13.1. The van der Waals surface area contributed by atoms with Gasteiger partial charge in [0.2, 0.25) is 11.6 Å². The van der Waals surface area contributed by atoms with Crippen molar-refractivity contribution in [3.8, 4) is 11.1 Å². The van der Waals surface area contributed by atoms with Gasteiger partial charge in [-0.05, 0) is 78.1 Å². The average Bonchev–Trinajstić information content (AvgIpc) is 3.08. The number of pyridine rings is 1. The maximum absolute atomic E-state index is 13.1. The van der Waals surface area contributed by atoms with Crippen molar-refractivity contribution in [2.75, 3.05) is 17.2 Å². The van der Waals surface area contributed by atoms with Crippen molar-refractivity contribution < 1.29 is 24.0 Å². The number of ketones is 2. The molecule has 10 heteroatoms. The van der Waals surface area contributed by atoms with Crippen molar-refractivity contribution >= 4 is 40.4 Å². The number of halogens is 1. The summed E-state index contributed by atoms with van der Waals surface area (Å²) in [4.78, 5) is 48.2. The number of hydrogen-bond donors (Lipinski definition) is 3. The number of fused-ring (bicyclic) bond motifs is 1. The second-order valence-corrected chi connectivity index (χ2v) is 10.8. The SMILES string of the molecule is O=C(NOC1CCCCO1)c1ccc(CNc2ccc(NC3=C(Cl)C(=O)c4ncccc4C3=O)cc2)cc1-c1ccccc1. The summed E-state index contributed by atoms with van der Waals surface area (Å²) in [6.07, 6.45) is 3.74. The zero-order valence-corrected chi connectivity index (χ0v) is 24.4. The number of benzene rings is 3. The van der Waals surface area contributed by atoms with Gasteiger partial charge < -0.3 is 15.4 Å². The highest BCUT2D eigenvalue weighted by Gasteiger charge is 2.32. The molecule has 4 aromatic rings. The fourth-order valence-corrected chi connectivity index (χ4v) is 5.31. The molecule has 6 rings (SSSR count). The third-order valence-electron chi connectivity index (χ3n) is 7.40. The molecule has 44 heavy (non-hydrogen) atoms. The number of nitrogens with one attached hydrogen (secondary N) is 3. The van der Waals surface area contributed by atoms with Crippen LogP contribution in [0.15, 0.2) is 102 Å². The monoisotopic (exact) mass is 608 g/mol. The summed E-state index contributed by atoms with van der Waals surface area (Å²) < 4.78 is 5.56. The molecule has 0 radical (unpaired) electrons. The van der Waals surface area contributed by atoms with E-state index in [4.69, 9.17) is 21.2 Å². The molecule has 2 heterocycles. The van der Waals surface area contributed by atoms with E-state index in [1.54, 1.807) is 30.3 Å². The van der Waals surface area contributed by atoms with Crippen molar-refractivity contribution in [2.24, 2.45) is 0 Å². The van der Waals surface area contributed by atoms with Gasteiger partial charge >= 0.3 is 0 Å². The lowest BCUT2D eigenvalue weighted by Gasteiger charge is -2.22. The Balaban J connectivity index is 1.13. The summed E-state index contributed by atoms with van der Waals surface area (Å²) in [5.41, 5.74) is 7.43. The molecule has 0 bridgehead atoms. The Morgan fingerprint density at radius 1 is 0.909 bits per heavy atom. The van der Waals surface area contributed by atoms with E-state index in [0.717, 1.165) is 41.6 Å². The number of carbonyl (C=O) groups is 3. The van der Waals surface area contributed by atoms with Crippen LogP contribution in [0, 0.1) is 0 Å². The minimum absolute atomic E-state index is 0.0205. The molecule has 1 amide bonds. The molecule has 2 aliphatic rings. The minimum atomic E-state index is -0.494. The van der Waals surface area contributed by atoms with Crippen molar-refractivity contribution in [3.63, 3.8) is 0 Å². The Hall–Kier alpha value is -4.83. The molecule has 1 unspecified atom stereocenters. The van der Waals surface area contributed by atoms with Gasteiger partial charge in [0.25, 0.3) is 5.91 Å². The van der Waals surface area contributed by atoms with Gasteiger partial charge in [0.1, 0.15) is 16.4 Å². The van der Waals surface area contributed by atoms with Crippen LogP contribution >= 0.6 is 11.6 Å². The van der Waals surface area contributed by atoms with Gasteiger partial charge in [0, 0.05) is 42.7 Å². The fourth-order valence-electron chi connectivity index (χ4n) is 5.09. The van der Waals surface area contributed by atoms with E-state index in [0.29, 0.717) is 24.4 Å².